The summed E-state index contributed by atoms with van der Waals surface area (Å²) in [6.07, 6.45) is 11.2. The van der Waals surface area contributed by atoms with E-state index in [0.717, 1.165) is 64.2 Å². The molecule has 11 heteroatoms. The quantitative estimate of drug-likeness (QED) is 0.0700. The zero-order chi connectivity index (χ0) is 48.9. The van der Waals surface area contributed by atoms with E-state index >= 15 is 0 Å². The minimum atomic E-state index is -1.51. The van der Waals surface area contributed by atoms with Crippen LogP contribution >= 0.6 is 0 Å². The van der Waals surface area contributed by atoms with Crippen LogP contribution in [0.4, 0.5) is 0 Å². The van der Waals surface area contributed by atoms with Gasteiger partial charge in [-0.25, -0.2) is 0 Å². The van der Waals surface area contributed by atoms with Crippen molar-refractivity contribution in [1.82, 2.24) is 9.80 Å². The Balaban J connectivity index is 0.000000452. The fourth-order valence-corrected chi connectivity index (χ4v) is 11.5. The van der Waals surface area contributed by atoms with Gasteiger partial charge in [-0.3, -0.25) is 29.0 Å². The number of hydrogen-bond acceptors (Lipinski definition) is 7. The first-order valence-electron chi connectivity index (χ1n) is 23.8. The molecule has 3 unspecified atom stereocenters. The summed E-state index contributed by atoms with van der Waals surface area (Å²) in [6.45, 7) is 32.1. The molecule has 0 radical (unpaired) electrons. The highest BCUT2D eigenvalue weighted by molar-refractivity contribution is 5.94. The highest BCUT2D eigenvalue weighted by atomic mass is 16.4. The summed E-state index contributed by atoms with van der Waals surface area (Å²) in [5, 5.41) is 50.1. The average molecular weight is 887 g/mol. The lowest BCUT2D eigenvalue weighted by Crippen LogP contribution is -2.71. The lowest BCUT2D eigenvalue weighted by atomic mass is 9.49. The second-order valence-corrected chi connectivity index (χ2v) is 23.6. The molecule has 63 heavy (non-hydrogen) atoms. The number of piperidine rings is 2. The predicted octanol–water partition coefficient (Wildman–Crippen LogP) is 11.7. The van der Waals surface area contributed by atoms with Gasteiger partial charge in [0.25, 0.3) is 0 Å². The van der Waals surface area contributed by atoms with Crippen molar-refractivity contribution in [3.05, 3.63) is 28.8 Å². The van der Waals surface area contributed by atoms with Crippen molar-refractivity contribution in [3.8, 4) is 5.75 Å². The van der Waals surface area contributed by atoms with E-state index in [1.165, 1.54) is 0 Å². The fourth-order valence-electron chi connectivity index (χ4n) is 11.5. The summed E-state index contributed by atoms with van der Waals surface area (Å²) >= 11 is 0. The van der Waals surface area contributed by atoms with Gasteiger partial charge in [0, 0.05) is 34.5 Å². The van der Waals surface area contributed by atoms with Crippen molar-refractivity contribution in [2.45, 2.75) is 233 Å². The Bertz CT molecular complexity index is 1640. The molecular weight excluding hydrogens is 797 g/mol. The van der Waals surface area contributed by atoms with Gasteiger partial charge in [0.1, 0.15) is 5.75 Å². The molecule has 1 aromatic rings. The molecule has 1 aromatic carbocycles. The number of phenolic OH excluding ortho intramolecular Hbond substituents is 1. The van der Waals surface area contributed by atoms with Crippen molar-refractivity contribution in [2.24, 2.45) is 23.2 Å². The summed E-state index contributed by atoms with van der Waals surface area (Å²) in [5.41, 5.74) is 0.128. The summed E-state index contributed by atoms with van der Waals surface area (Å²) < 4.78 is 0. The minimum Gasteiger partial charge on any atom is -0.507 e. The maximum atomic E-state index is 13.7. The summed E-state index contributed by atoms with van der Waals surface area (Å²) in [5.74, 6) is -5.88. The molecule has 2 heterocycles. The van der Waals surface area contributed by atoms with Crippen LogP contribution in [-0.4, -0.2) is 95.5 Å². The standard InChI is InChI=1S/C30H56N2O4.C22H34O5/c1-26(2)20-17-22(28(5,6)31(26)9)30(25(35)36,19-15-13-11-12-14-16-24(33)34)23-18-21-27(3,4)32(10)29(23,7)8;1-8-9-10-14(17(19(24)25)20(26)27)13-11-15(21(2,3)4)18(23)16(12-13)22(5,6)7/h22-23H,11-21H2,1-10H3,(H,33,34)(H,35,36);11-12,14,17,23H,8-10H2,1-7H3,(H,24,25)(H,26,27). The van der Waals surface area contributed by atoms with Crippen molar-refractivity contribution in [1.29, 1.82) is 0 Å². The van der Waals surface area contributed by atoms with Gasteiger partial charge < -0.3 is 25.5 Å². The van der Waals surface area contributed by atoms with E-state index in [0.29, 0.717) is 36.0 Å². The number of carboxylic acids is 4. The van der Waals surface area contributed by atoms with Gasteiger partial charge in [-0.15, -0.1) is 0 Å². The minimum absolute atomic E-state index is 0.0370. The van der Waals surface area contributed by atoms with Crippen molar-refractivity contribution in [3.63, 3.8) is 0 Å². The number of nitrogens with zero attached hydrogens (tertiary/aromatic N) is 2. The lowest BCUT2D eigenvalue weighted by molar-refractivity contribution is -0.193. The van der Waals surface area contributed by atoms with Crippen LogP contribution in [0.5, 0.6) is 5.75 Å². The number of carboxylic acid groups (broad SMARTS) is 4. The van der Waals surface area contributed by atoms with Crippen molar-refractivity contribution in [2.75, 3.05) is 14.1 Å². The first kappa shape index (κ1) is 56.0. The predicted molar refractivity (Wildman–Crippen MR) is 254 cm³/mol. The molecule has 3 rings (SSSR count). The first-order chi connectivity index (χ1) is 28.6. The van der Waals surface area contributed by atoms with E-state index in [1.807, 2.05) is 48.5 Å². The van der Waals surface area contributed by atoms with E-state index in [2.05, 4.69) is 79.3 Å². The molecule has 0 saturated carbocycles. The van der Waals surface area contributed by atoms with Gasteiger partial charge in [0.15, 0.2) is 5.92 Å². The number of unbranched alkanes of at least 4 members (excludes halogenated alkanes) is 5. The van der Waals surface area contributed by atoms with Gasteiger partial charge in [-0.05, 0) is 154 Å². The Kier molecular flexibility index (Phi) is 18.6. The Morgan fingerprint density at radius 1 is 0.667 bits per heavy atom. The number of likely N-dealkylation sites (tertiary alicyclic amines) is 2. The third-order valence-electron chi connectivity index (χ3n) is 15.9. The Hall–Kier alpha value is -3.18. The van der Waals surface area contributed by atoms with E-state index < -0.39 is 41.1 Å². The lowest BCUT2D eigenvalue weighted by Gasteiger charge is -2.65. The van der Waals surface area contributed by atoms with Gasteiger partial charge in [-0.2, -0.15) is 0 Å². The van der Waals surface area contributed by atoms with Crippen molar-refractivity contribution < 1.29 is 44.7 Å². The topological polar surface area (TPSA) is 176 Å². The summed E-state index contributed by atoms with van der Waals surface area (Å²) in [4.78, 5) is 52.8. The molecule has 11 nitrogen and oxygen atoms in total. The smallest absolute Gasteiger partial charge is 0.318 e. The van der Waals surface area contributed by atoms with Crippen LogP contribution in [0.2, 0.25) is 0 Å². The molecule has 2 aliphatic heterocycles. The normalized spacial score (nSPS) is 22.6. The number of aromatic hydroxyl groups is 1. The van der Waals surface area contributed by atoms with Crippen molar-refractivity contribution >= 4 is 23.9 Å². The van der Waals surface area contributed by atoms with Gasteiger partial charge in [-0.1, -0.05) is 99.1 Å². The molecule has 2 saturated heterocycles. The highest BCUT2D eigenvalue weighted by Crippen LogP contribution is 2.60. The maximum Gasteiger partial charge on any atom is 0.318 e. The van der Waals surface area contributed by atoms with Crippen LogP contribution in [0.1, 0.15) is 216 Å². The largest absolute Gasteiger partial charge is 0.507 e. The van der Waals surface area contributed by atoms with Crippen LogP contribution in [0, 0.1) is 23.2 Å². The number of benzene rings is 1. The van der Waals surface area contributed by atoms with Crippen LogP contribution in [0.3, 0.4) is 0 Å². The van der Waals surface area contributed by atoms with Crippen LogP contribution in [0.25, 0.3) is 0 Å². The number of phenols is 1. The molecular formula is C52H90N2O9. The van der Waals surface area contributed by atoms with E-state index in [4.69, 9.17) is 5.11 Å². The zero-order valence-electron chi connectivity index (χ0n) is 42.6. The van der Waals surface area contributed by atoms with E-state index in [9.17, 15) is 39.6 Å². The molecule has 5 N–H and O–H groups in total. The van der Waals surface area contributed by atoms with E-state index in [1.54, 1.807) is 12.1 Å². The summed E-state index contributed by atoms with van der Waals surface area (Å²) in [7, 11) is 4.37. The molecule has 0 aromatic heterocycles. The maximum absolute atomic E-state index is 13.7. The average Bonchev–Trinajstić information content (AvgIpc) is 3.12. The molecule has 0 aliphatic carbocycles. The fraction of sp³-hybridized carbons (Fsp3) is 0.808. The molecule has 2 fully saturated rings. The zero-order valence-corrected chi connectivity index (χ0v) is 42.6. The number of hydrogen-bond donors (Lipinski definition) is 5. The molecule has 3 atom stereocenters. The SMILES string of the molecule is CCCCC(c1cc(C(C)(C)C)c(O)c(C(C)(C)C)c1)C(C(=O)O)C(=O)O.CN1C(C)(C)CCC(C(CCCCCCCC(=O)O)(C(=O)O)C2CCC(C)(C)N(C)C2(C)C)C1(C)C. The third kappa shape index (κ3) is 12.8. The first-order valence-corrected chi connectivity index (χ1v) is 23.8. The van der Waals surface area contributed by atoms with Gasteiger partial charge in [0.05, 0.1) is 5.41 Å². The highest BCUT2D eigenvalue weighted by Gasteiger charge is 2.64. The van der Waals surface area contributed by atoms with Crippen LogP contribution in [-0.2, 0) is 30.0 Å². The number of rotatable bonds is 18. The summed E-state index contributed by atoms with van der Waals surface area (Å²) in [6, 6.07) is 3.59. The Labute approximate surface area is 381 Å². The molecule has 362 valence electrons. The second kappa shape index (κ2) is 21.0. The second-order valence-electron chi connectivity index (χ2n) is 23.6. The van der Waals surface area contributed by atoms with Crippen LogP contribution in [0.15, 0.2) is 12.1 Å². The Morgan fingerprint density at radius 2 is 1.06 bits per heavy atom. The van der Waals surface area contributed by atoms with Crippen LogP contribution < -0.4 is 0 Å². The number of carbonyl (C=O) groups is 4. The van der Waals surface area contributed by atoms with Gasteiger partial charge >= 0.3 is 23.9 Å². The number of aliphatic carboxylic acids is 4. The Morgan fingerprint density at radius 3 is 1.41 bits per heavy atom. The molecule has 0 bridgehead atoms. The monoisotopic (exact) mass is 887 g/mol. The van der Waals surface area contributed by atoms with Gasteiger partial charge in [0.2, 0.25) is 0 Å². The molecule has 0 amide bonds. The molecule has 0 spiro atoms. The molecule has 2 aliphatic rings. The van der Waals surface area contributed by atoms with E-state index in [-0.39, 0.29) is 57.0 Å². The third-order valence-corrected chi connectivity index (χ3v) is 15.9.